The molecule has 4 nitrogen and oxygen atoms in total. The molecule has 0 aliphatic heterocycles. The summed E-state index contributed by atoms with van der Waals surface area (Å²) in [6, 6.07) is 0.421. The molecule has 0 bridgehead atoms. The van der Waals surface area contributed by atoms with E-state index in [1.807, 2.05) is 13.8 Å². The third kappa shape index (κ3) is 2.93. The van der Waals surface area contributed by atoms with Crippen LogP contribution in [0.3, 0.4) is 0 Å². The predicted octanol–water partition coefficient (Wildman–Crippen LogP) is 2.98. The van der Waals surface area contributed by atoms with E-state index >= 15 is 0 Å². The predicted molar refractivity (Wildman–Crippen MR) is 73.2 cm³/mol. The summed E-state index contributed by atoms with van der Waals surface area (Å²) in [6.45, 7) is 3.98. The molecule has 0 radical (unpaired) electrons. The van der Waals surface area contributed by atoms with Crippen molar-refractivity contribution in [3.8, 4) is 0 Å². The van der Waals surface area contributed by atoms with Gasteiger partial charge in [-0.1, -0.05) is 18.5 Å². The molecule has 2 atom stereocenters. The Bertz CT molecular complexity index is 425. The summed E-state index contributed by atoms with van der Waals surface area (Å²) in [5.41, 5.74) is 0.926. The number of methoxy groups -OCH3 is 1. The lowest BCUT2D eigenvalue weighted by Crippen LogP contribution is -2.19. The molecular weight excluding hydrogens is 250 g/mol. The van der Waals surface area contributed by atoms with E-state index in [1.54, 1.807) is 7.11 Å². The van der Waals surface area contributed by atoms with Gasteiger partial charge in [-0.3, -0.25) is 0 Å². The van der Waals surface area contributed by atoms with Crippen molar-refractivity contribution in [1.29, 1.82) is 0 Å². The van der Waals surface area contributed by atoms with Crippen molar-refractivity contribution in [2.75, 3.05) is 12.4 Å². The number of anilines is 1. The van der Waals surface area contributed by atoms with Gasteiger partial charge in [0.25, 0.3) is 0 Å². The second kappa shape index (κ2) is 5.85. The van der Waals surface area contributed by atoms with Gasteiger partial charge >= 0.3 is 0 Å². The molecule has 1 fully saturated rings. The molecule has 100 valence electrons. The van der Waals surface area contributed by atoms with Crippen molar-refractivity contribution < 1.29 is 4.74 Å². The van der Waals surface area contributed by atoms with Crippen LogP contribution in [0.25, 0.3) is 0 Å². The number of aromatic nitrogens is 2. The number of hydrogen-bond donors (Lipinski definition) is 1. The van der Waals surface area contributed by atoms with Crippen molar-refractivity contribution in [3.05, 3.63) is 16.5 Å². The molecule has 0 saturated heterocycles. The van der Waals surface area contributed by atoms with Gasteiger partial charge in [-0.25, -0.2) is 9.97 Å². The van der Waals surface area contributed by atoms with Crippen molar-refractivity contribution >= 4 is 17.4 Å². The Morgan fingerprint density at radius 1 is 1.39 bits per heavy atom. The maximum atomic E-state index is 6.12. The molecule has 1 aromatic rings. The Hall–Kier alpha value is -0.870. The van der Waals surface area contributed by atoms with E-state index in [0.717, 1.165) is 42.9 Å². The summed E-state index contributed by atoms with van der Waals surface area (Å²) in [6.07, 6.45) is 4.40. The molecule has 0 aromatic carbocycles. The second-order valence-electron chi connectivity index (χ2n) is 4.77. The Labute approximate surface area is 113 Å². The molecule has 2 unspecified atom stereocenters. The molecule has 0 amide bonds. The van der Waals surface area contributed by atoms with Crippen LogP contribution in [-0.2, 0) is 11.2 Å². The monoisotopic (exact) mass is 269 g/mol. The van der Waals surface area contributed by atoms with Crippen LogP contribution in [0.1, 0.15) is 37.6 Å². The van der Waals surface area contributed by atoms with Gasteiger partial charge in [-0.2, -0.15) is 0 Å². The van der Waals surface area contributed by atoms with Crippen LogP contribution in [0.2, 0.25) is 5.15 Å². The van der Waals surface area contributed by atoms with Crippen LogP contribution in [-0.4, -0.2) is 29.2 Å². The van der Waals surface area contributed by atoms with E-state index in [1.165, 1.54) is 0 Å². The van der Waals surface area contributed by atoms with E-state index in [9.17, 15) is 0 Å². The fourth-order valence-corrected chi connectivity index (χ4v) is 2.50. The maximum absolute atomic E-state index is 6.12. The average Bonchev–Trinajstić information content (AvgIpc) is 2.82. The third-order valence-electron chi connectivity index (χ3n) is 3.51. The number of halogens is 1. The van der Waals surface area contributed by atoms with Crippen molar-refractivity contribution in [2.24, 2.45) is 0 Å². The quantitative estimate of drug-likeness (QED) is 0.854. The highest BCUT2D eigenvalue weighted by atomic mass is 35.5. The highest BCUT2D eigenvalue weighted by molar-refractivity contribution is 6.30. The van der Waals surface area contributed by atoms with E-state index in [0.29, 0.717) is 17.3 Å². The molecular formula is C13H20ClN3O. The molecule has 2 rings (SSSR count). The number of nitrogens with zero attached hydrogens (tertiary/aromatic N) is 2. The van der Waals surface area contributed by atoms with Crippen molar-refractivity contribution in [2.45, 2.75) is 51.7 Å². The van der Waals surface area contributed by atoms with Gasteiger partial charge in [0, 0.05) is 25.1 Å². The van der Waals surface area contributed by atoms with Crippen molar-refractivity contribution in [1.82, 2.24) is 9.97 Å². The Morgan fingerprint density at radius 2 is 2.17 bits per heavy atom. The Balaban J connectivity index is 2.11. The molecule has 1 saturated carbocycles. The summed E-state index contributed by atoms with van der Waals surface area (Å²) in [7, 11) is 1.77. The van der Waals surface area contributed by atoms with Gasteiger partial charge in [-0.05, 0) is 26.2 Å². The molecule has 1 heterocycles. The third-order valence-corrected chi connectivity index (χ3v) is 3.88. The fourth-order valence-electron chi connectivity index (χ4n) is 2.31. The van der Waals surface area contributed by atoms with E-state index < -0.39 is 0 Å². The van der Waals surface area contributed by atoms with Gasteiger partial charge in [0.05, 0.1) is 6.10 Å². The summed E-state index contributed by atoms with van der Waals surface area (Å²) in [5.74, 6) is 1.66. The minimum Gasteiger partial charge on any atom is -0.381 e. The fraction of sp³-hybridized carbons (Fsp3) is 0.692. The van der Waals surface area contributed by atoms with Gasteiger partial charge in [0.1, 0.15) is 16.8 Å². The van der Waals surface area contributed by atoms with Gasteiger partial charge < -0.3 is 10.1 Å². The van der Waals surface area contributed by atoms with E-state index in [2.05, 4.69) is 15.3 Å². The zero-order chi connectivity index (χ0) is 13.1. The van der Waals surface area contributed by atoms with Crippen LogP contribution in [0.4, 0.5) is 5.82 Å². The second-order valence-corrected chi connectivity index (χ2v) is 5.13. The highest BCUT2D eigenvalue weighted by Crippen LogP contribution is 2.27. The highest BCUT2D eigenvalue weighted by Gasteiger charge is 2.25. The molecule has 0 spiro atoms. The first kappa shape index (κ1) is 13.6. The molecule has 1 aliphatic rings. The molecule has 5 heteroatoms. The van der Waals surface area contributed by atoms with Crippen molar-refractivity contribution in [3.63, 3.8) is 0 Å². The smallest absolute Gasteiger partial charge is 0.137 e. The lowest BCUT2D eigenvalue weighted by Gasteiger charge is -2.16. The summed E-state index contributed by atoms with van der Waals surface area (Å²) in [5, 5.41) is 4.02. The van der Waals surface area contributed by atoms with Gasteiger partial charge in [-0.15, -0.1) is 0 Å². The molecule has 1 aliphatic carbocycles. The minimum absolute atomic E-state index is 0.366. The topological polar surface area (TPSA) is 47.0 Å². The summed E-state index contributed by atoms with van der Waals surface area (Å²) in [4.78, 5) is 8.77. The van der Waals surface area contributed by atoms with Gasteiger partial charge in [0.2, 0.25) is 0 Å². The number of aryl methyl sites for hydroxylation is 1. The largest absolute Gasteiger partial charge is 0.381 e. The SMILES string of the molecule is CCc1nc(Cl)c(C)c(NC2CCC(OC)C2)n1. The summed E-state index contributed by atoms with van der Waals surface area (Å²) >= 11 is 6.12. The maximum Gasteiger partial charge on any atom is 0.137 e. The minimum atomic E-state index is 0.366. The first-order valence-electron chi connectivity index (χ1n) is 6.46. The number of nitrogens with one attached hydrogen (secondary N) is 1. The Morgan fingerprint density at radius 3 is 2.78 bits per heavy atom. The number of rotatable bonds is 4. The van der Waals surface area contributed by atoms with Crippen LogP contribution in [0, 0.1) is 6.92 Å². The lowest BCUT2D eigenvalue weighted by molar-refractivity contribution is 0.108. The summed E-state index contributed by atoms with van der Waals surface area (Å²) < 4.78 is 5.38. The number of ether oxygens (including phenoxy) is 1. The van der Waals surface area contributed by atoms with E-state index in [-0.39, 0.29) is 0 Å². The zero-order valence-corrected chi connectivity index (χ0v) is 11.9. The zero-order valence-electron chi connectivity index (χ0n) is 11.2. The standard InChI is InChI=1S/C13H20ClN3O/c1-4-11-16-12(14)8(2)13(17-11)15-9-5-6-10(7-9)18-3/h9-10H,4-7H2,1-3H3,(H,15,16,17). The first-order valence-corrected chi connectivity index (χ1v) is 6.84. The van der Waals surface area contributed by atoms with Crippen LogP contribution in [0.5, 0.6) is 0 Å². The molecule has 1 N–H and O–H groups in total. The Kier molecular flexibility index (Phi) is 4.40. The number of hydrogen-bond acceptors (Lipinski definition) is 4. The average molecular weight is 270 g/mol. The van der Waals surface area contributed by atoms with Crippen LogP contribution >= 0.6 is 11.6 Å². The molecule has 18 heavy (non-hydrogen) atoms. The first-order chi connectivity index (χ1) is 8.63. The lowest BCUT2D eigenvalue weighted by atomic mass is 10.2. The van der Waals surface area contributed by atoms with Crippen LogP contribution < -0.4 is 5.32 Å². The van der Waals surface area contributed by atoms with E-state index in [4.69, 9.17) is 16.3 Å². The molecule has 1 aromatic heterocycles. The van der Waals surface area contributed by atoms with Gasteiger partial charge in [0.15, 0.2) is 0 Å². The van der Waals surface area contributed by atoms with Crippen LogP contribution in [0.15, 0.2) is 0 Å². The normalized spacial score (nSPS) is 23.3.